The van der Waals surface area contributed by atoms with Gasteiger partial charge in [-0.05, 0) is 52.0 Å². The van der Waals surface area contributed by atoms with E-state index in [4.69, 9.17) is 11.6 Å². The summed E-state index contributed by atoms with van der Waals surface area (Å²) in [4.78, 5) is 2.37. The Hall–Kier alpha value is -0.690. The molecule has 1 nitrogen and oxygen atoms in total. The second-order valence-corrected chi connectivity index (χ2v) is 4.51. The Morgan fingerprint density at radius 3 is 1.71 bits per heavy atom. The zero-order valence-corrected chi connectivity index (χ0v) is 10.0. The number of halogens is 1. The third-order valence-corrected chi connectivity index (χ3v) is 2.49. The fourth-order valence-corrected chi connectivity index (χ4v) is 1.93. The second-order valence-electron chi connectivity index (χ2n) is 4.07. The summed E-state index contributed by atoms with van der Waals surface area (Å²) in [5.41, 5.74) is 1.24. The number of nitrogens with zero attached hydrogens (tertiary/aromatic N) is 1. The van der Waals surface area contributed by atoms with E-state index in [1.165, 1.54) is 5.69 Å². The van der Waals surface area contributed by atoms with Crippen molar-refractivity contribution in [1.82, 2.24) is 0 Å². The molecule has 0 heterocycles. The summed E-state index contributed by atoms with van der Waals surface area (Å²) in [5, 5.41) is 0.793. The van der Waals surface area contributed by atoms with Crippen LogP contribution in [0, 0.1) is 0 Å². The molecule has 0 amide bonds. The maximum absolute atomic E-state index is 5.86. The van der Waals surface area contributed by atoms with Crippen LogP contribution >= 0.6 is 11.6 Å². The van der Waals surface area contributed by atoms with E-state index < -0.39 is 0 Å². The van der Waals surface area contributed by atoms with E-state index in [-0.39, 0.29) is 0 Å². The normalized spacial score (nSPS) is 11.1. The first-order valence-corrected chi connectivity index (χ1v) is 5.44. The largest absolute Gasteiger partial charge is 0.367 e. The van der Waals surface area contributed by atoms with Crippen LogP contribution in [0.5, 0.6) is 0 Å². The highest BCUT2D eigenvalue weighted by molar-refractivity contribution is 6.30. The van der Waals surface area contributed by atoms with Crippen molar-refractivity contribution in [2.24, 2.45) is 0 Å². The molecule has 0 unspecified atom stereocenters. The highest BCUT2D eigenvalue weighted by Crippen LogP contribution is 2.22. The van der Waals surface area contributed by atoms with Gasteiger partial charge in [-0.15, -0.1) is 0 Å². The predicted molar refractivity (Wildman–Crippen MR) is 64.2 cm³/mol. The molecule has 0 fully saturated rings. The molecule has 0 radical (unpaired) electrons. The molecule has 0 aliphatic carbocycles. The first-order valence-electron chi connectivity index (χ1n) is 5.06. The number of benzene rings is 1. The quantitative estimate of drug-likeness (QED) is 0.732. The zero-order valence-electron chi connectivity index (χ0n) is 9.29. The Bertz CT molecular complexity index is 269. The molecular formula is C12H18ClN. The molecule has 0 bridgehead atoms. The van der Waals surface area contributed by atoms with Gasteiger partial charge in [-0.1, -0.05) is 11.6 Å². The summed E-state index contributed by atoms with van der Waals surface area (Å²) in [6.45, 7) is 8.81. The first-order chi connectivity index (χ1) is 6.52. The molecule has 0 aliphatic heterocycles. The van der Waals surface area contributed by atoms with E-state index in [9.17, 15) is 0 Å². The molecule has 14 heavy (non-hydrogen) atoms. The molecule has 0 spiro atoms. The van der Waals surface area contributed by atoms with Gasteiger partial charge in [-0.3, -0.25) is 0 Å². The molecule has 2 heteroatoms. The van der Waals surface area contributed by atoms with E-state index in [0.29, 0.717) is 12.1 Å². The topological polar surface area (TPSA) is 3.24 Å². The highest BCUT2D eigenvalue weighted by Gasteiger charge is 2.13. The smallest absolute Gasteiger partial charge is 0.0407 e. The van der Waals surface area contributed by atoms with Crippen molar-refractivity contribution in [3.8, 4) is 0 Å². The van der Waals surface area contributed by atoms with Crippen LogP contribution in [-0.2, 0) is 0 Å². The van der Waals surface area contributed by atoms with Crippen LogP contribution in [-0.4, -0.2) is 12.1 Å². The van der Waals surface area contributed by atoms with Gasteiger partial charge in [-0.25, -0.2) is 0 Å². The van der Waals surface area contributed by atoms with E-state index in [1.54, 1.807) is 0 Å². The summed E-state index contributed by atoms with van der Waals surface area (Å²) in [7, 11) is 0. The van der Waals surface area contributed by atoms with Crippen molar-refractivity contribution in [2.75, 3.05) is 4.90 Å². The van der Waals surface area contributed by atoms with Gasteiger partial charge in [0, 0.05) is 22.8 Å². The van der Waals surface area contributed by atoms with Crippen LogP contribution in [0.3, 0.4) is 0 Å². The lowest BCUT2D eigenvalue weighted by Gasteiger charge is -2.33. The summed E-state index contributed by atoms with van der Waals surface area (Å²) < 4.78 is 0. The molecule has 0 N–H and O–H groups in total. The molecule has 78 valence electrons. The van der Waals surface area contributed by atoms with Crippen molar-refractivity contribution in [3.05, 3.63) is 29.3 Å². The van der Waals surface area contributed by atoms with Crippen LogP contribution in [0.25, 0.3) is 0 Å². The third-order valence-electron chi connectivity index (χ3n) is 2.24. The lowest BCUT2D eigenvalue weighted by Crippen LogP contribution is -2.36. The van der Waals surface area contributed by atoms with Gasteiger partial charge < -0.3 is 4.90 Å². The van der Waals surface area contributed by atoms with Gasteiger partial charge >= 0.3 is 0 Å². The number of anilines is 1. The van der Waals surface area contributed by atoms with Crippen molar-refractivity contribution in [2.45, 2.75) is 39.8 Å². The Morgan fingerprint density at radius 1 is 0.929 bits per heavy atom. The standard InChI is InChI=1S/C12H18ClN/c1-9(2)14(10(3)4)12-7-5-11(13)6-8-12/h5-10H,1-4H3. The van der Waals surface area contributed by atoms with Crippen molar-refractivity contribution >= 4 is 17.3 Å². The van der Waals surface area contributed by atoms with E-state index in [1.807, 2.05) is 12.1 Å². The minimum absolute atomic E-state index is 0.510. The molecule has 1 aromatic rings. The van der Waals surface area contributed by atoms with Crippen LogP contribution in [0.15, 0.2) is 24.3 Å². The minimum atomic E-state index is 0.510. The van der Waals surface area contributed by atoms with Gasteiger partial charge in [0.25, 0.3) is 0 Å². The molecule has 1 aromatic carbocycles. The van der Waals surface area contributed by atoms with Gasteiger partial charge in [0.2, 0.25) is 0 Å². The van der Waals surface area contributed by atoms with Crippen LogP contribution in [0.1, 0.15) is 27.7 Å². The third kappa shape index (κ3) is 2.65. The Morgan fingerprint density at radius 2 is 1.36 bits per heavy atom. The van der Waals surface area contributed by atoms with Crippen LogP contribution in [0.2, 0.25) is 5.02 Å². The Balaban J connectivity index is 2.94. The molecule has 0 aromatic heterocycles. The molecular weight excluding hydrogens is 194 g/mol. The fraction of sp³-hybridized carbons (Fsp3) is 0.500. The fourth-order valence-electron chi connectivity index (χ4n) is 1.81. The Labute approximate surface area is 91.7 Å². The molecule has 0 saturated heterocycles. The van der Waals surface area contributed by atoms with Crippen molar-refractivity contribution in [1.29, 1.82) is 0 Å². The average Bonchev–Trinajstić information content (AvgIpc) is 2.07. The molecule has 1 rings (SSSR count). The van der Waals surface area contributed by atoms with Crippen LogP contribution < -0.4 is 4.90 Å². The van der Waals surface area contributed by atoms with Gasteiger partial charge in [0.05, 0.1) is 0 Å². The summed E-state index contributed by atoms with van der Waals surface area (Å²) in [6.07, 6.45) is 0. The SMILES string of the molecule is CC(C)N(c1ccc(Cl)cc1)C(C)C. The van der Waals surface area contributed by atoms with E-state index in [2.05, 4.69) is 44.7 Å². The molecule has 0 atom stereocenters. The predicted octanol–water partition coefficient (Wildman–Crippen LogP) is 3.96. The van der Waals surface area contributed by atoms with Crippen LogP contribution in [0.4, 0.5) is 5.69 Å². The summed E-state index contributed by atoms with van der Waals surface area (Å²) >= 11 is 5.86. The number of hydrogen-bond acceptors (Lipinski definition) is 1. The van der Waals surface area contributed by atoms with Gasteiger partial charge in [-0.2, -0.15) is 0 Å². The minimum Gasteiger partial charge on any atom is -0.367 e. The summed E-state index contributed by atoms with van der Waals surface area (Å²) in [5.74, 6) is 0. The number of hydrogen-bond donors (Lipinski definition) is 0. The van der Waals surface area contributed by atoms with Gasteiger partial charge in [0.15, 0.2) is 0 Å². The lowest BCUT2D eigenvalue weighted by molar-refractivity contribution is 0.608. The molecule has 0 aliphatic rings. The first kappa shape index (κ1) is 11.4. The maximum Gasteiger partial charge on any atom is 0.0407 e. The van der Waals surface area contributed by atoms with E-state index in [0.717, 1.165) is 5.02 Å². The second kappa shape index (κ2) is 4.70. The van der Waals surface area contributed by atoms with Crippen molar-refractivity contribution < 1.29 is 0 Å². The monoisotopic (exact) mass is 211 g/mol. The lowest BCUT2D eigenvalue weighted by atomic mass is 10.2. The Kier molecular flexibility index (Phi) is 3.82. The van der Waals surface area contributed by atoms with Crippen molar-refractivity contribution in [3.63, 3.8) is 0 Å². The molecule has 0 saturated carbocycles. The zero-order chi connectivity index (χ0) is 10.7. The average molecular weight is 212 g/mol. The van der Waals surface area contributed by atoms with E-state index >= 15 is 0 Å². The summed E-state index contributed by atoms with van der Waals surface area (Å²) in [6, 6.07) is 9.04. The number of rotatable bonds is 3. The maximum atomic E-state index is 5.86. The highest BCUT2D eigenvalue weighted by atomic mass is 35.5. The van der Waals surface area contributed by atoms with Gasteiger partial charge in [0.1, 0.15) is 0 Å².